The highest BCUT2D eigenvalue weighted by atomic mass is 16.7. The summed E-state index contributed by atoms with van der Waals surface area (Å²) in [4.78, 5) is 59.3. The highest BCUT2D eigenvalue weighted by Gasteiger charge is 2.52. The average Bonchev–Trinajstić information content (AvgIpc) is 3.16. The molecule has 0 spiro atoms. The summed E-state index contributed by atoms with van der Waals surface area (Å²) in [6, 6.07) is -1.14. The average molecular weight is 457 g/mol. The molecular formula is C21H31NO10. The van der Waals surface area contributed by atoms with Gasteiger partial charge in [0, 0.05) is 34.1 Å². The van der Waals surface area contributed by atoms with Crippen LogP contribution in [0.5, 0.6) is 0 Å². The largest absolute Gasteiger partial charge is 0.463 e. The first-order valence-electron chi connectivity index (χ1n) is 10.7. The minimum absolute atomic E-state index is 0.236. The highest BCUT2D eigenvalue weighted by molar-refractivity contribution is 5.77. The van der Waals surface area contributed by atoms with Gasteiger partial charge in [-0.2, -0.15) is 0 Å². The van der Waals surface area contributed by atoms with Gasteiger partial charge in [0.25, 0.3) is 0 Å². The van der Waals surface area contributed by atoms with Gasteiger partial charge in [0.15, 0.2) is 12.2 Å². The van der Waals surface area contributed by atoms with Gasteiger partial charge in [0.1, 0.15) is 18.8 Å². The van der Waals surface area contributed by atoms with E-state index in [4.69, 9.17) is 23.7 Å². The second-order valence-corrected chi connectivity index (χ2v) is 8.05. The van der Waals surface area contributed by atoms with E-state index in [1.807, 2.05) is 0 Å². The van der Waals surface area contributed by atoms with E-state index in [2.05, 4.69) is 5.32 Å². The summed E-state index contributed by atoms with van der Waals surface area (Å²) in [5, 5.41) is 2.73. The maximum Gasteiger partial charge on any atom is 0.305 e. The number of rotatable bonds is 8. The van der Waals surface area contributed by atoms with Gasteiger partial charge < -0.3 is 29.0 Å². The minimum Gasteiger partial charge on any atom is -0.463 e. The lowest BCUT2D eigenvalue weighted by molar-refractivity contribution is -0.271. The fourth-order valence-corrected chi connectivity index (χ4v) is 4.04. The van der Waals surface area contributed by atoms with Gasteiger partial charge in [-0.1, -0.05) is 12.8 Å². The van der Waals surface area contributed by atoms with Crippen LogP contribution in [0.4, 0.5) is 0 Å². The Hall–Kier alpha value is -2.69. The van der Waals surface area contributed by atoms with Crippen LogP contribution in [-0.4, -0.2) is 67.0 Å². The molecule has 32 heavy (non-hydrogen) atoms. The van der Waals surface area contributed by atoms with Crippen LogP contribution < -0.4 is 5.32 Å². The maximum atomic E-state index is 12.7. The highest BCUT2D eigenvalue weighted by Crippen LogP contribution is 2.30. The molecule has 2 aliphatic rings. The summed E-state index contributed by atoms with van der Waals surface area (Å²) in [6.07, 6.45) is -0.693. The quantitative estimate of drug-likeness (QED) is 0.410. The van der Waals surface area contributed by atoms with Gasteiger partial charge >= 0.3 is 23.9 Å². The molecule has 1 saturated heterocycles. The number of carbonyl (C=O) groups excluding carboxylic acids is 5. The standard InChI is InChI=1S/C21H31NO10/c1-11(23)28-10-16-19(29-12(2)24)20(30-13(3)25)18(21(32-16)31-14(4)26)22-17(27)9-15-7-5-6-8-15/h15-16,18-21H,5-10H2,1-4H3,(H,22,27)/t16?,18-,19+,20?,21-/m0/s1. The van der Waals surface area contributed by atoms with E-state index in [1.54, 1.807) is 0 Å². The molecule has 1 heterocycles. The molecule has 1 saturated carbocycles. The van der Waals surface area contributed by atoms with Crippen molar-refractivity contribution in [3.63, 3.8) is 0 Å². The molecule has 2 fully saturated rings. The van der Waals surface area contributed by atoms with Crippen LogP contribution in [0.25, 0.3) is 0 Å². The summed E-state index contributed by atoms with van der Waals surface area (Å²) < 4.78 is 26.7. The lowest BCUT2D eigenvalue weighted by Crippen LogP contribution is -2.67. The number of esters is 4. The van der Waals surface area contributed by atoms with Crippen LogP contribution in [0.3, 0.4) is 0 Å². The van der Waals surface area contributed by atoms with Gasteiger partial charge in [-0.25, -0.2) is 0 Å². The number of amides is 1. The molecule has 1 aliphatic carbocycles. The molecule has 1 amide bonds. The van der Waals surface area contributed by atoms with E-state index in [-0.39, 0.29) is 24.9 Å². The SMILES string of the molecule is CC(=O)OCC1O[C@H](OC(C)=O)[C@@H](NC(=O)CC2CCCC2)C(OC(C)=O)[C@@H]1OC(C)=O. The molecule has 0 radical (unpaired) electrons. The van der Waals surface area contributed by atoms with Crippen LogP contribution >= 0.6 is 0 Å². The number of hydrogen-bond acceptors (Lipinski definition) is 10. The van der Waals surface area contributed by atoms with Crippen molar-refractivity contribution in [3.8, 4) is 0 Å². The van der Waals surface area contributed by atoms with Crippen molar-refractivity contribution < 1.29 is 47.7 Å². The fourth-order valence-electron chi connectivity index (χ4n) is 4.04. The minimum atomic E-state index is -1.36. The predicted octanol–water partition coefficient (Wildman–Crippen LogP) is 0.766. The number of hydrogen-bond donors (Lipinski definition) is 1. The van der Waals surface area contributed by atoms with Crippen molar-refractivity contribution in [2.75, 3.05) is 6.61 Å². The molecule has 0 aromatic carbocycles. The molecule has 1 aliphatic heterocycles. The molecule has 2 rings (SSSR count). The molecule has 0 aromatic rings. The van der Waals surface area contributed by atoms with Gasteiger partial charge in [-0.15, -0.1) is 0 Å². The lowest BCUT2D eigenvalue weighted by Gasteiger charge is -2.44. The first kappa shape index (κ1) is 25.6. The second-order valence-electron chi connectivity index (χ2n) is 8.05. The Bertz CT molecular complexity index is 717. The lowest BCUT2D eigenvalue weighted by atomic mass is 9.95. The topological polar surface area (TPSA) is 144 Å². The molecule has 2 unspecified atom stereocenters. The van der Waals surface area contributed by atoms with Crippen LogP contribution in [0.15, 0.2) is 0 Å². The Morgan fingerprint density at radius 2 is 1.38 bits per heavy atom. The molecule has 5 atom stereocenters. The van der Waals surface area contributed by atoms with Crippen molar-refractivity contribution in [1.29, 1.82) is 0 Å². The van der Waals surface area contributed by atoms with E-state index in [1.165, 1.54) is 6.92 Å². The summed E-state index contributed by atoms with van der Waals surface area (Å²) in [5.41, 5.74) is 0. The molecular weight excluding hydrogens is 426 g/mol. The molecule has 0 aromatic heterocycles. The normalized spacial score (nSPS) is 27.8. The zero-order chi connectivity index (χ0) is 23.8. The third-order valence-corrected chi connectivity index (χ3v) is 5.26. The number of nitrogens with one attached hydrogen (secondary N) is 1. The van der Waals surface area contributed by atoms with Gasteiger partial charge in [-0.05, 0) is 18.8 Å². The predicted molar refractivity (Wildman–Crippen MR) is 107 cm³/mol. The summed E-state index contributed by atoms with van der Waals surface area (Å²) in [5.74, 6) is -2.83. The maximum absolute atomic E-state index is 12.7. The third-order valence-electron chi connectivity index (χ3n) is 5.26. The second kappa shape index (κ2) is 11.8. The van der Waals surface area contributed by atoms with E-state index in [9.17, 15) is 24.0 Å². The Morgan fingerprint density at radius 3 is 1.91 bits per heavy atom. The van der Waals surface area contributed by atoms with Crippen molar-refractivity contribution in [2.24, 2.45) is 5.92 Å². The first-order valence-corrected chi connectivity index (χ1v) is 10.7. The number of ether oxygens (including phenoxy) is 5. The Labute approximate surface area is 186 Å². The van der Waals surface area contributed by atoms with E-state index < -0.39 is 54.5 Å². The summed E-state index contributed by atoms with van der Waals surface area (Å²) in [7, 11) is 0. The zero-order valence-electron chi connectivity index (χ0n) is 18.8. The Morgan fingerprint density at radius 1 is 0.812 bits per heavy atom. The number of carbonyl (C=O) groups is 5. The van der Waals surface area contributed by atoms with Crippen LogP contribution in [-0.2, 0) is 47.7 Å². The van der Waals surface area contributed by atoms with Crippen LogP contribution in [0.1, 0.15) is 59.8 Å². The van der Waals surface area contributed by atoms with E-state index >= 15 is 0 Å². The van der Waals surface area contributed by atoms with E-state index in [0.717, 1.165) is 46.5 Å². The smallest absolute Gasteiger partial charge is 0.305 e. The van der Waals surface area contributed by atoms with Crippen molar-refractivity contribution >= 4 is 29.8 Å². The van der Waals surface area contributed by atoms with Crippen molar-refractivity contribution in [3.05, 3.63) is 0 Å². The van der Waals surface area contributed by atoms with Crippen LogP contribution in [0.2, 0.25) is 0 Å². The summed E-state index contributed by atoms with van der Waals surface area (Å²) >= 11 is 0. The first-order chi connectivity index (χ1) is 15.1. The summed E-state index contributed by atoms with van der Waals surface area (Å²) in [6.45, 7) is 4.29. The monoisotopic (exact) mass is 457 g/mol. The molecule has 0 bridgehead atoms. The zero-order valence-corrected chi connectivity index (χ0v) is 18.8. The van der Waals surface area contributed by atoms with Gasteiger partial charge in [0.05, 0.1) is 0 Å². The van der Waals surface area contributed by atoms with Crippen molar-refractivity contribution in [2.45, 2.75) is 90.4 Å². The van der Waals surface area contributed by atoms with Gasteiger partial charge in [-0.3, -0.25) is 24.0 Å². The molecule has 1 N–H and O–H groups in total. The van der Waals surface area contributed by atoms with Crippen molar-refractivity contribution in [1.82, 2.24) is 5.32 Å². The molecule has 11 heteroatoms. The fraction of sp³-hybridized carbons (Fsp3) is 0.762. The molecule has 11 nitrogen and oxygen atoms in total. The van der Waals surface area contributed by atoms with Crippen LogP contribution in [0, 0.1) is 5.92 Å². The third kappa shape index (κ3) is 7.77. The van der Waals surface area contributed by atoms with E-state index in [0.29, 0.717) is 0 Å². The molecule has 180 valence electrons. The van der Waals surface area contributed by atoms with Gasteiger partial charge in [0.2, 0.25) is 12.2 Å². The Kier molecular flexibility index (Phi) is 9.42. The Balaban J connectivity index is 2.32.